The molecule has 1 saturated heterocycles. The molecule has 0 radical (unpaired) electrons. The van der Waals surface area contributed by atoms with Crippen molar-refractivity contribution >= 4 is 11.5 Å². The van der Waals surface area contributed by atoms with E-state index in [1.807, 2.05) is 18.7 Å². The molecular formula is C13H19N3O3. The number of pyridine rings is 1. The van der Waals surface area contributed by atoms with Crippen molar-refractivity contribution in [3.8, 4) is 0 Å². The van der Waals surface area contributed by atoms with E-state index in [1.165, 1.54) is 6.07 Å². The molecule has 2 heterocycles. The number of rotatable bonds is 3. The minimum atomic E-state index is -0.692. The number of nitrogens with zero attached hydrogens (tertiary/aromatic N) is 3. The maximum atomic E-state index is 11.0. The van der Waals surface area contributed by atoms with Crippen LogP contribution in [0.15, 0.2) is 18.3 Å². The lowest BCUT2D eigenvalue weighted by Crippen LogP contribution is -2.42. The highest BCUT2D eigenvalue weighted by atomic mass is 16.6. The number of anilines is 1. The van der Waals surface area contributed by atoms with E-state index in [9.17, 15) is 15.2 Å². The second kappa shape index (κ2) is 5.13. The molecule has 1 aromatic rings. The van der Waals surface area contributed by atoms with Gasteiger partial charge in [-0.05, 0) is 38.7 Å². The third-order valence-corrected chi connectivity index (χ3v) is 3.76. The predicted molar refractivity (Wildman–Crippen MR) is 72.1 cm³/mol. The average Bonchev–Trinajstić information content (AvgIpc) is 2.38. The Morgan fingerprint density at radius 2 is 2.11 bits per heavy atom. The molecule has 19 heavy (non-hydrogen) atoms. The number of aromatic nitrogens is 1. The van der Waals surface area contributed by atoms with Gasteiger partial charge < -0.3 is 10.0 Å². The molecule has 6 heteroatoms. The van der Waals surface area contributed by atoms with Crippen LogP contribution in [0, 0.1) is 16.0 Å². The lowest BCUT2D eigenvalue weighted by atomic mass is 9.83. The monoisotopic (exact) mass is 265 g/mol. The van der Waals surface area contributed by atoms with Crippen LogP contribution in [0.4, 0.5) is 11.5 Å². The number of piperidine rings is 1. The van der Waals surface area contributed by atoms with E-state index in [0.29, 0.717) is 18.9 Å². The van der Waals surface area contributed by atoms with Crippen LogP contribution in [0.2, 0.25) is 0 Å². The maximum Gasteiger partial charge on any atom is 0.311 e. The fraction of sp³-hybridized carbons (Fsp3) is 0.615. The van der Waals surface area contributed by atoms with Crippen LogP contribution in [0.3, 0.4) is 0 Å². The molecule has 1 aromatic heterocycles. The molecule has 104 valence electrons. The van der Waals surface area contributed by atoms with Crippen LogP contribution in [-0.2, 0) is 0 Å². The van der Waals surface area contributed by atoms with Gasteiger partial charge in [0.2, 0.25) is 5.82 Å². The Balaban J connectivity index is 2.12. The van der Waals surface area contributed by atoms with Crippen LogP contribution in [0.25, 0.3) is 0 Å². The first kappa shape index (κ1) is 13.7. The summed E-state index contributed by atoms with van der Waals surface area (Å²) in [4.78, 5) is 16.7. The zero-order valence-corrected chi connectivity index (χ0v) is 11.2. The third-order valence-electron chi connectivity index (χ3n) is 3.76. The predicted octanol–water partition coefficient (Wildman–Crippen LogP) is 1.98. The average molecular weight is 265 g/mol. The summed E-state index contributed by atoms with van der Waals surface area (Å²) in [5, 5.41) is 21.0. The minimum Gasteiger partial charge on any atom is -0.390 e. The van der Waals surface area contributed by atoms with Crippen LogP contribution < -0.4 is 4.90 Å². The van der Waals surface area contributed by atoms with Crippen molar-refractivity contribution in [2.45, 2.75) is 32.3 Å². The van der Waals surface area contributed by atoms with Gasteiger partial charge in [0.05, 0.1) is 10.5 Å². The summed E-state index contributed by atoms with van der Waals surface area (Å²) in [7, 11) is 0. The molecule has 1 N–H and O–H groups in total. The zero-order valence-electron chi connectivity index (χ0n) is 11.2. The summed E-state index contributed by atoms with van der Waals surface area (Å²) in [6, 6.07) is 3.05. The summed E-state index contributed by atoms with van der Waals surface area (Å²) in [5.74, 6) is 0.660. The number of aliphatic hydroxyl groups is 1. The van der Waals surface area contributed by atoms with Crippen LogP contribution >= 0.6 is 0 Å². The van der Waals surface area contributed by atoms with E-state index >= 15 is 0 Å². The Hall–Kier alpha value is -1.69. The van der Waals surface area contributed by atoms with E-state index in [0.717, 1.165) is 12.8 Å². The second-order valence-electron chi connectivity index (χ2n) is 5.52. The van der Waals surface area contributed by atoms with E-state index < -0.39 is 10.5 Å². The molecule has 0 unspecified atom stereocenters. The summed E-state index contributed by atoms with van der Waals surface area (Å²) < 4.78 is 0. The highest BCUT2D eigenvalue weighted by Gasteiger charge is 2.32. The standard InChI is InChI=1S/C13H19N3O3/c1-13(2,17)10-5-8-15(9-6-10)12-11(16(18)19)4-3-7-14-12/h3-4,7,10,17H,5-6,8-9H2,1-2H3. The Morgan fingerprint density at radius 1 is 1.47 bits per heavy atom. The van der Waals surface area contributed by atoms with Gasteiger partial charge in [-0.2, -0.15) is 0 Å². The van der Waals surface area contributed by atoms with Crippen molar-refractivity contribution in [2.24, 2.45) is 5.92 Å². The molecule has 0 saturated carbocycles. The molecular weight excluding hydrogens is 246 g/mol. The molecule has 0 bridgehead atoms. The van der Waals surface area contributed by atoms with Gasteiger partial charge in [0.1, 0.15) is 0 Å². The van der Waals surface area contributed by atoms with Gasteiger partial charge in [0.15, 0.2) is 0 Å². The van der Waals surface area contributed by atoms with Gasteiger partial charge in [0.25, 0.3) is 0 Å². The van der Waals surface area contributed by atoms with Crippen LogP contribution in [-0.4, -0.2) is 33.7 Å². The molecule has 1 fully saturated rings. The summed E-state index contributed by atoms with van der Waals surface area (Å²) in [5.41, 5.74) is -0.647. The fourth-order valence-corrected chi connectivity index (χ4v) is 2.57. The molecule has 1 aliphatic rings. The molecule has 0 spiro atoms. The maximum absolute atomic E-state index is 11.0. The molecule has 1 aliphatic heterocycles. The summed E-state index contributed by atoms with van der Waals surface area (Å²) in [6.45, 7) is 5.01. The van der Waals surface area contributed by atoms with E-state index in [-0.39, 0.29) is 11.6 Å². The van der Waals surface area contributed by atoms with E-state index in [1.54, 1.807) is 12.3 Å². The highest BCUT2D eigenvalue weighted by molar-refractivity contribution is 5.57. The van der Waals surface area contributed by atoms with Crippen molar-refractivity contribution in [1.82, 2.24) is 4.98 Å². The Morgan fingerprint density at radius 3 is 2.63 bits per heavy atom. The number of hydrogen-bond donors (Lipinski definition) is 1. The Labute approximate surface area is 112 Å². The Kier molecular flexibility index (Phi) is 3.71. The number of nitro groups is 1. The Bertz CT molecular complexity index is 462. The summed E-state index contributed by atoms with van der Waals surface area (Å²) >= 11 is 0. The molecule has 0 aromatic carbocycles. The van der Waals surface area contributed by atoms with Gasteiger partial charge in [-0.25, -0.2) is 4.98 Å². The van der Waals surface area contributed by atoms with Crippen molar-refractivity contribution in [3.05, 3.63) is 28.4 Å². The van der Waals surface area contributed by atoms with Gasteiger partial charge >= 0.3 is 5.69 Å². The molecule has 2 rings (SSSR count). The SMILES string of the molecule is CC(C)(O)C1CCN(c2ncccc2[N+](=O)[O-])CC1. The quantitative estimate of drug-likeness (QED) is 0.667. The first-order valence-corrected chi connectivity index (χ1v) is 6.46. The van der Waals surface area contributed by atoms with Gasteiger partial charge in [0, 0.05) is 25.4 Å². The van der Waals surface area contributed by atoms with Gasteiger partial charge in [-0.3, -0.25) is 10.1 Å². The molecule has 6 nitrogen and oxygen atoms in total. The molecule has 0 amide bonds. The zero-order chi connectivity index (χ0) is 14.0. The normalized spacial score (nSPS) is 17.5. The van der Waals surface area contributed by atoms with E-state index in [2.05, 4.69) is 4.98 Å². The molecule has 0 aliphatic carbocycles. The van der Waals surface area contributed by atoms with Gasteiger partial charge in [-0.15, -0.1) is 0 Å². The number of hydrogen-bond acceptors (Lipinski definition) is 5. The lowest BCUT2D eigenvalue weighted by molar-refractivity contribution is -0.384. The van der Waals surface area contributed by atoms with Crippen molar-refractivity contribution < 1.29 is 10.0 Å². The van der Waals surface area contributed by atoms with Crippen molar-refractivity contribution in [1.29, 1.82) is 0 Å². The van der Waals surface area contributed by atoms with Crippen LogP contribution in [0.5, 0.6) is 0 Å². The first-order chi connectivity index (χ1) is 8.89. The van der Waals surface area contributed by atoms with Crippen molar-refractivity contribution in [3.63, 3.8) is 0 Å². The fourth-order valence-electron chi connectivity index (χ4n) is 2.57. The summed E-state index contributed by atoms with van der Waals surface area (Å²) in [6.07, 6.45) is 3.21. The lowest BCUT2D eigenvalue weighted by Gasteiger charge is -2.37. The van der Waals surface area contributed by atoms with E-state index in [4.69, 9.17) is 0 Å². The topological polar surface area (TPSA) is 79.5 Å². The minimum absolute atomic E-state index is 0.0456. The van der Waals surface area contributed by atoms with Gasteiger partial charge in [-0.1, -0.05) is 0 Å². The second-order valence-corrected chi connectivity index (χ2v) is 5.52. The molecule has 0 atom stereocenters. The highest BCUT2D eigenvalue weighted by Crippen LogP contribution is 2.32. The largest absolute Gasteiger partial charge is 0.390 e. The smallest absolute Gasteiger partial charge is 0.311 e. The first-order valence-electron chi connectivity index (χ1n) is 6.46. The third kappa shape index (κ3) is 3.01. The van der Waals surface area contributed by atoms with Crippen molar-refractivity contribution in [2.75, 3.05) is 18.0 Å². The van der Waals surface area contributed by atoms with Crippen LogP contribution in [0.1, 0.15) is 26.7 Å².